The Morgan fingerprint density at radius 3 is 2.36 bits per heavy atom. The summed E-state index contributed by atoms with van der Waals surface area (Å²) in [6, 6.07) is 12.4. The lowest BCUT2D eigenvalue weighted by Crippen LogP contribution is -2.30. The molecule has 0 aliphatic carbocycles. The zero-order chi connectivity index (χ0) is 19.7. The van der Waals surface area contributed by atoms with Gasteiger partial charge in [0.25, 0.3) is 0 Å². The first kappa shape index (κ1) is 19.1. The fraction of sp³-hybridized carbons (Fsp3) is 0.250. The van der Waals surface area contributed by atoms with E-state index in [9.17, 15) is 12.8 Å². The van der Waals surface area contributed by atoms with Gasteiger partial charge in [0, 0.05) is 17.6 Å². The molecular formula is C20H18BrFN2O3S. The summed E-state index contributed by atoms with van der Waals surface area (Å²) >= 11 is 3.31. The van der Waals surface area contributed by atoms with Gasteiger partial charge in [-0.05, 0) is 55.7 Å². The van der Waals surface area contributed by atoms with E-state index in [1.807, 2.05) is 4.90 Å². The number of anilines is 1. The van der Waals surface area contributed by atoms with Crippen LogP contribution in [0.15, 0.2) is 67.3 Å². The number of piperidine rings is 1. The molecule has 3 aromatic rings. The number of hydrogen-bond donors (Lipinski definition) is 0. The highest BCUT2D eigenvalue weighted by Crippen LogP contribution is 2.36. The lowest BCUT2D eigenvalue weighted by Gasteiger charge is -2.26. The first-order valence-corrected chi connectivity index (χ1v) is 11.3. The van der Waals surface area contributed by atoms with Crippen molar-refractivity contribution >= 4 is 31.7 Å². The summed E-state index contributed by atoms with van der Waals surface area (Å²) in [5, 5.41) is -0.171. The highest BCUT2D eigenvalue weighted by Gasteiger charge is 2.32. The molecule has 8 heteroatoms. The number of oxazole rings is 1. The maximum Gasteiger partial charge on any atom is 0.236 e. The summed E-state index contributed by atoms with van der Waals surface area (Å²) < 4.78 is 47.4. The second-order valence-electron chi connectivity index (χ2n) is 6.61. The average molecular weight is 465 g/mol. The zero-order valence-corrected chi connectivity index (χ0v) is 17.3. The molecule has 0 saturated carbocycles. The molecule has 0 amide bonds. The average Bonchev–Trinajstić information content (AvgIpc) is 3.15. The van der Waals surface area contributed by atoms with E-state index in [0.29, 0.717) is 13.1 Å². The van der Waals surface area contributed by atoms with E-state index >= 15 is 0 Å². The van der Waals surface area contributed by atoms with E-state index in [1.54, 1.807) is 24.3 Å². The Morgan fingerprint density at radius 2 is 1.68 bits per heavy atom. The monoisotopic (exact) mass is 464 g/mol. The van der Waals surface area contributed by atoms with Gasteiger partial charge in [0.1, 0.15) is 5.82 Å². The fourth-order valence-corrected chi connectivity index (χ4v) is 4.83. The van der Waals surface area contributed by atoms with Crippen LogP contribution in [0.5, 0.6) is 0 Å². The molecule has 2 aromatic carbocycles. The number of hydrogen-bond acceptors (Lipinski definition) is 5. The van der Waals surface area contributed by atoms with E-state index < -0.39 is 15.7 Å². The molecule has 5 nitrogen and oxygen atoms in total. The molecular weight excluding hydrogens is 447 g/mol. The lowest BCUT2D eigenvalue weighted by atomic mass is 10.1. The molecule has 1 aliphatic rings. The summed E-state index contributed by atoms with van der Waals surface area (Å²) in [5.74, 6) is -0.364. The van der Waals surface area contributed by atoms with Crippen LogP contribution in [0.1, 0.15) is 19.3 Å². The van der Waals surface area contributed by atoms with Gasteiger partial charge in [0.2, 0.25) is 26.6 Å². The number of benzene rings is 2. The van der Waals surface area contributed by atoms with Gasteiger partial charge in [-0.3, -0.25) is 0 Å². The van der Waals surface area contributed by atoms with Crippen molar-refractivity contribution in [2.24, 2.45) is 0 Å². The van der Waals surface area contributed by atoms with Crippen LogP contribution in [0.4, 0.5) is 10.3 Å². The molecule has 1 saturated heterocycles. The Bertz CT molecular complexity index is 1090. The molecule has 1 aromatic heterocycles. The molecule has 28 heavy (non-hydrogen) atoms. The fourth-order valence-electron chi connectivity index (χ4n) is 3.25. The van der Waals surface area contributed by atoms with Crippen molar-refractivity contribution in [2.45, 2.75) is 29.2 Å². The molecule has 0 unspecified atom stereocenters. The maximum absolute atomic E-state index is 14.3. The highest BCUT2D eigenvalue weighted by molar-refractivity contribution is 9.10. The highest BCUT2D eigenvalue weighted by atomic mass is 79.9. The first-order valence-electron chi connectivity index (χ1n) is 8.98. The van der Waals surface area contributed by atoms with Crippen LogP contribution < -0.4 is 4.90 Å². The van der Waals surface area contributed by atoms with Gasteiger partial charge < -0.3 is 9.32 Å². The predicted molar refractivity (Wildman–Crippen MR) is 108 cm³/mol. The molecule has 4 rings (SSSR count). The third-order valence-electron chi connectivity index (χ3n) is 4.71. The molecule has 0 atom stereocenters. The van der Waals surface area contributed by atoms with Crippen molar-refractivity contribution in [1.29, 1.82) is 0 Å². The number of aromatic nitrogens is 1. The van der Waals surface area contributed by atoms with Crippen LogP contribution in [0.3, 0.4) is 0 Å². The summed E-state index contributed by atoms with van der Waals surface area (Å²) in [5.41, 5.74) is 0.137. The largest absolute Gasteiger partial charge is 0.419 e. The van der Waals surface area contributed by atoms with Gasteiger partial charge in [0.05, 0.1) is 10.5 Å². The predicted octanol–water partition coefficient (Wildman–Crippen LogP) is 5.07. The second-order valence-corrected chi connectivity index (χ2v) is 9.39. The van der Waals surface area contributed by atoms with Crippen LogP contribution in [-0.2, 0) is 9.84 Å². The minimum atomic E-state index is -3.93. The minimum absolute atomic E-state index is 0.0330. The normalized spacial score (nSPS) is 15.0. The Balaban J connectivity index is 1.87. The summed E-state index contributed by atoms with van der Waals surface area (Å²) in [6.07, 6.45) is 2.96. The van der Waals surface area contributed by atoms with Crippen molar-refractivity contribution in [3.63, 3.8) is 0 Å². The van der Waals surface area contributed by atoms with Gasteiger partial charge in [0.15, 0.2) is 0 Å². The quantitative estimate of drug-likeness (QED) is 0.539. The molecule has 2 heterocycles. The molecule has 146 valence electrons. The van der Waals surface area contributed by atoms with Crippen LogP contribution in [0.25, 0.3) is 11.5 Å². The van der Waals surface area contributed by atoms with E-state index in [-0.39, 0.29) is 27.3 Å². The topological polar surface area (TPSA) is 63.4 Å². The minimum Gasteiger partial charge on any atom is -0.419 e. The van der Waals surface area contributed by atoms with Crippen molar-refractivity contribution in [2.75, 3.05) is 18.0 Å². The zero-order valence-electron chi connectivity index (χ0n) is 14.9. The van der Waals surface area contributed by atoms with Crippen LogP contribution >= 0.6 is 15.9 Å². The van der Waals surface area contributed by atoms with Crippen molar-refractivity contribution < 1.29 is 17.2 Å². The van der Waals surface area contributed by atoms with Crippen LogP contribution in [0.2, 0.25) is 0 Å². The number of sulfone groups is 1. The van der Waals surface area contributed by atoms with E-state index in [4.69, 9.17) is 4.42 Å². The molecule has 0 N–H and O–H groups in total. The molecule has 1 aliphatic heterocycles. The summed E-state index contributed by atoms with van der Waals surface area (Å²) in [7, 11) is -3.93. The Hall–Kier alpha value is -2.19. The number of rotatable bonds is 4. The number of halogens is 2. The van der Waals surface area contributed by atoms with Gasteiger partial charge in [-0.25, -0.2) is 12.8 Å². The molecule has 0 spiro atoms. The smallest absolute Gasteiger partial charge is 0.236 e. The van der Waals surface area contributed by atoms with Crippen molar-refractivity contribution in [3.8, 4) is 11.5 Å². The van der Waals surface area contributed by atoms with E-state index in [1.165, 1.54) is 24.3 Å². The van der Waals surface area contributed by atoms with Gasteiger partial charge >= 0.3 is 0 Å². The van der Waals surface area contributed by atoms with Gasteiger partial charge in [-0.2, -0.15) is 4.98 Å². The van der Waals surface area contributed by atoms with Crippen LogP contribution in [-0.4, -0.2) is 26.5 Å². The molecule has 0 radical (unpaired) electrons. The van der Waals surface area contributed by atoms with Crippen molar-refractivity contribution in [3.05, 3.63) is 58.8 Å². The molecule has 1 fully saturated rings. The number of nitrogens with zero attached hydrogens (tertiary/aromatic N) is 2. The first-order chi connectivity index (χ1) is 13.5. The second kappa shape index (κ2) is 7.67. The molecule has 0 bridgehead atoms. The lowest BCUT2D eigenvalue weighted by molar-refractivity contribution is 0.497. The third-order valence-corrected chi connectivity index (χ3v) is 6.90. The van der Waals surface area contributed by atoms with Crippen LogP contribution in [0, 0.1) is 5.82 Å². The maximum atomic E-state index is 14.3. The Kier molecular flexibility index (Phi) is 5.25. The van der Waals surface area contributed by atoms with E-state index in [0.717, 1.165) is 23.7 Å². The summed E-state index contributed by atoms with van der Waals surface area (Å²) in [4.78, 5) is 6.23. The van der Waals surface area contributed by atoms with Gasteiger partial charge in [-0.1, -0.05) is 28.1 Å². The SMILES string of the molecule is O=S(=O)(c1ccc(Br)cc1)c1nc(-c2ccccc2F)oc1N1CCCCC1. The van der Waals surface area contributed by atoms with E-state index in [2.05, 4.69) is 20.9 Å². The summed E-state index contributed by atoms with van der Waals surface area (Å²) in [6.45, 7) is 1.35. The Morgan fingerprint density at radius 1 is 1.00 bits per heavy atom. The standard InChI is InChI=1S/C20H18BrFN2O3S/c21-14-8-10-15(11-9-14)28(25,26)19-20(24-12-4-1-5-13-24)27-18(23-19)16-6-2-3-7-17(16)22/h2-3,6-11H,1,4-5,12-13H2. The van der Waals surface area contributed by atoms with Crippen molar-refractivity contribution in [1.82, 2.24) is 4.98 Å². The Labute approximate surface area is 171 Å². The van der Waals surface area contributed by atoms with Gasteiger partial charge in [-0.15, -0.1) is 0 Å². The third kappa shape index (κ3) is 3.58.